The van der Waals surface area contributed by atoms with Crippen molar-refractivity contribution < 1.29 is 0 Å². The molecule has 2 aliphatic rings. The van der Waals surface area contributed by atoms with Crippen LogP contribution in [0.25, 0.3) is 0 Å². The van der Waals surface area contributed by atoms with Crippen LogP contribution in [0.4, 0.5) is 0 Å². The standard InChI is InChI=1S/C18H22B/c1-17(2)11-5-7-15(9-13-17)19-16-8-6-12-18(3,4)14-10-16/h5-14H,1-4H3. The van der Waals surface area contributed by atoms with E-state index in [-0.39, 0.29) is 10.8 Å². The van der Waals surface area contributed by atoms with Crippen LogP contribution in [0.15, 0.2) is 71.7 Å². The summed E-state index contributed by atoms with van der Waals surface area (Å²) in [5.41, 5.74) is 2.76. The van der Waals surface area contributed by atoms with Crippen LogP contribution in [0.3, 0.4) is 0 Å². The maximum Gasteiger partial charge on any atom is 0.191 e. The van der Waals surface area contributed by atoms with Gasteiger partial charge in [-0.25, -0.2) is 0 Å². The van der Waals surface area contributed by atoms with E-state index in [2.05, 4.69) is 95.7 Å². The molecule has 2 rings (SSSR count). The maximum absolute atomic E-state index is 2.25. The predicted molar refractivity (Wildman–Crippen MR) is 86.0 cm³/mol. The number of hydrogen-bond donors (Lipinski definition) is 0. The zero-order valence-electron chi connectivity index (χ0n) is 12.4. The molecular formula is C18H22B. The highest BCUT2D eigenvalue weighted by Crippen LogP contribution is 2.25. The van der Waals surface area contributed by atoms with Crippen LogP contribution in [-0.4, -0.2) is 7.28 Å². The Morgan fingerprint density at radius 3 is 1.53 bits per heavy atom. The zero-order chi connectivity index (χ0) is 13.9. The molecule has 97 valence electrons. The average Bonchev–Trinajstić information content (AvgIpc) is 2.57. The number of rotatable bonds is 2. The molecule has 0 N–H and O–H groups in total. The highest BCUT2D eigenvalue weighted by Gasteiger charge is 2.13. The molecule has 0 saturated carbocycles. The lowest BCUT2D eigenvalue weighted by atomic mass is 9.62. The molecule has 1 heteroatoms. The number of allylic oxidation sites excluding steroid dienone is 12. The van der Waals surface area contributed by atoms with Crippen molar-refractivity contribution in [2.75, 3.05) is 0 Å². The van der Waals surface area contributed by atoms with Crippen molar-refractivity contribution in [1.29, 1.82) is 0 Å². The molecule has 19 heavy (non-hydrogen) atoms. The minimum Gasteiger partial charge on any atom is -0.0817 e. The zero-order valence-corrected chi connectivity index (χ0v) is 12.4. The molecule has 0 heterocycles. The average molecular weight is 249 g/mol. The van der Waals surface area contributed by atoms with Gasteiger partial charge in [-0.05, 0) is 0 Å². The van der Waals surface area contributed by atoms with Gasteiger partial charge in [-0.1, -0.05) is 99.4 Å². The topological polar surface area (TPSA) is 0 Å². The third kappa shape index (κ3) is 4.27. The van der Waals surface area contributed by atoms with Gasteiger partial charge in [-0.2, -0.15) is 0 Å². The molecule has 0 aliphatic heterocycles. The van der Waals surface area contributed by atoms with Crippen molar-refractivity contribution in [3.8, 4) is 0 Å². The van der Waals surface area contributed by atoms with Crippen molar-refractivity contribution in [1.82, 2.24) is 0 Å². The van der Waals surface area contributed by atoms with E-state index in [4.69, 9.17) is 0 Å². The molecule has 0 aromatic heterocycles. The molecule has 2 aliphatic carbocycles. The second kappa shape index (κ2) is 5.24. The molecule has 0 fully saturated rings. The van der Waals surface area contributed by atoms with Crippen LogP contribution in [0.2, 0.25) is 0 Å². The Bertz CT molecular complexity index is 472. The van der Waals surface area contributed by atoms with Crippen molar-refractivity contribution in [2.24, 2.45) is 10.8 Å². The molecule has 1 radical (unpaired) electrons. The van der Waals surface area contributed by atoms with E-state index in [9.17, 15) is 0 Å². The normalized spacial score (nSPS) is 23.4. The third-order valence-electron chi connectivity index (χ3n) is 3.37. The summed E-state index contributed by atoms with van der Waals surface area (Å²) in [4.78, 5) is 0. The van der Waals surface area contributed by atoms with Crippen LogP contribution < -0.4 is 0 Å². The fraction of sp³-hybridized carbons (Fsp3) is 0.333. The molecule has 0 atom stereocenters. The highest BCUT2D eigenvalue weighted by atomic mass is 14.1. The fourth-order valence-electron chi connectivity index (χ4n) is 2.04. The Balaban J connectivity index is 2.12. The van der Waals surface area contributed by atoms with Gasteiger partial charge in [-0.15, -0.1) is 0 Å². The SMILES string of the molecule is CC1(C)C=CC=C([B]C2=CC=CC(C)(C)C=C2)C=C1. The second-order valence-corrected chi connectivity index (χ2v) is 6.51. The van der Waals surface area contributed by atoms with Crippen LogP contribution in [0.5, 0.6) is 0 Å². The molecule has 0 amide bonds. The summed E-state index contributed by atoms with van der Waals surface area (Å²) in [6.07, 6.45) is 22.0. The summed E-state index contributed by atoms with van der Waals surface area (Å²) in [5, 5.41) is 0. The van der Waals surface area contributed by atoms with Crippen molar-refractivity contribution in [2.45, 2.75) is 27.7 Å². The van der Waals surface area contributed by atoms with E-state index in [0.29, 0.717) is 0 Å². The summed E-state index contributed by atoms with van der Waals surface area (Å²) in [6, 6.07) is 0. The van der Waals surface area contributed by atoms with Gasteiger partial charge in [0.2, 0.25) is 0 Å². The summed E-state index contributed by atoms with van der Waals surface area (Å²) in [7, 11) is 2.23. The molecule has 0 unspecified atom stereocenters. The van der Waals surface area contributed by atoms with Gasteiger partial charge < -0.3 is 0 Å². The second-order valence-electron chi connectivity index (χ2n) is 6.51. The minimum atomic E-state index is 0.141. The summed E-state index contributed by atoms with van der Waals surface area (Å²) < 4.78 is 0. The minimum absolute atomic E-state index is 0.141. The molecular weight excluding hydrogens is 227 g/mol. The molecule has 0 saturated heterocycles. The first kappa shape index (κ1) is 13.9. The van der Waals surface area contributed by atoms with E-state index in [1.54, 1.807) is 0 Å². The van der Waals surface area contributed by atoms with Crippen molar-refractivity contribution in [3.63, 3.8) is 0 Å². The Morgan fingerprint density at radius 1 is 0.684 bits per heavy atom. The third-order valence-corrected chi connectivity index (χ3v) is 3.37. The van der Waals surface area contributed by atoms with Crippen LogP contribution >= 0.6 is 0 Å². The van der Waals surface area contributed by atoms with E-state index in [1.807, 2.05) is 0 Å². The lowest BCUT2D eigenvalue weighted by Gasteiger charge is -2.13. The quantitative estimate of drug-likeness (QED) is 0.619. The monoisotopic (exact) mass is 249 g/mol. The molecule has 0 nitrogen and oxygen atoms in total. The van der Waals surface area contributed by atoms with E-state index in [1.165, 1.54) is 10.9 Å². The van der Waals surface area contributed by atoms with Gasteiger partial charge in [0.05, 0.1) is 0 Å². The lowest BCUT2D eigenvalue weighted by molar-refractivity contribution is 0.627. The van der Waals surface area contributed by atoms with Gasteiger partial charge >= 0.3 is 0 Å². The summed E-state index contributed by atoms with van der Waals surface area (Å²) in [5.74, 6) is 0. The molecule has 0 aromatic rings. The highest BCUT2D eigenvalue weighted by molar-refractivity contribution is 6.56. The molecule has 0 spiro atoms. The van der Waals surface area contributed by atoms with Gasteiger partial charge in [0.1, 0.15) is 0 Å². The van der Waals surface area contributed by atoms with Gasteiger partial charge in [0.15, 0.2) is 7.28 Å². The first-order valence-corrected chi connectivity index (χ1v) is 6.89. The Morgan fingerprint density at radius 2 is 1.11 bits per heavy atom. The van der Waals surface area contributed by atoms with E-state index >= 15 is 0 Å². The maximum atomic E-state index is 2.25. The largest absolute Gasteiger partial charge is 0.191 e. The molecule has 0 bridgehead atoms. The summed E-state index contributed by atoms with van der Waals surface area (Å²) in [6.45, 7) is 8.86. The predicted octanol–water partition coefficient (Wildman–Crippen LogP) is 4.76. The van der Waals surface area contributed by atoms with Crippen LogP contribution in [-0.2, 0) is 0 Å². The van der Waals surface area contributed by atoms with Crippen LogP contribution in [0.1, 0.15) is 27.7 Å². The Kier molecular flexibility index (Phi) is 3.84. The fourth-order valence-corrected chi connectivity index (χ4v) is 2.04. The molecule has 0 aromatic carbocycles. The summed E-state index contributed by atoms with van der Waals surface area (Å²) >= 11 is 0. The first-order valence-electron chi connectivity index (χ1n) is 6.89. The Labute approximate surface area is 118 Å². The van der Waals surface area contributed by atoms with Gasteiger partial charge in [-0.3, -0.25) is 0 Å². The lowest BCUT2D eigenvalue weighted by Crippen LogP contribution is -2.02. The van der Waals surface area contributed by atoms with Gasteiger partial charge in [0.25, 0.3) is 0 Å². The van der Waals surface area contributed by atoms with E-state index in [0.717, 1.165) is 0 Å². The number of hydrogen-bond acceptors (Lipinski definition) is 0. The first-order chi connectivity index (χ1) is 8.86. The van der Waals surface area contributed by atoms with E-state index < -0.39 is 0 Å². The van der Waals surface area contributed by atoms with Gasteiger partial charge in [0, 0.05) is 10.8 Å². The van der Waals surface area contributed by atoms with Crippen molar-refractivity contribution in [3.05, 3.63) is 71.7 Å². The van der Waals surface area contributed by atoms with Crippen LogP contribution in [0, 0.1) is 10.8 Å². The Hall–Kier alpha value is -1.50. The smallest absolute Gasteiger partial charge is 0.0817 e. The van der Waals surface area contributed by atoms with Crippen molar-refractivity contribution >= 4 is 7.28 Å².